The van der Waals surface area contributed by atoms with Gasteiger partial charge in [-0.2, -0.15) is 5.10 Å². The zero-order chi connectivity index (χ0) is 17.3. The molecule has 24 heavy (non-hydrogen) atoms. The molecule has 1 aromatic carbocycles. The van der Waals surface area contributed by atoms with Crippen LogP contribution in [0.3, 0.4) is 0 Å². The molecule has 1 aliphatic rings. The average molecular weight is 329 g/mol. The third kappa shape index (κ3) is 3.09. The van der Waals surface area contributed by atoms with Crippen molar-refractivity contribution in [3.63, 3.8) is 0 Å². The summed E-state index contributed by atoms with van der Waals surface area (Å²) in [5.41, 5.74) is 2.05. The first-order valence-corrected chi connectivity index (χ1v) is 8.12. The second-order valence-electron chi connectivity index (χ2n) is 6.49. The lowest BCUT2D eigenvalue weighted by Gasteiger charge is -2.24. The van der Waals surface area contributed by atoms with Crippen LogP contribution < -0.4 is 14.8 Å². The second kappa shape index (κ2) is 6.55. The number of hydrogen-bond donors (Lipinski definition) is 1. The molecule has 1 aromatic heterocycles. The molecule has 0 spiro atoms. The Bertz CT molecular complexity index is 752. The molecule has 0 bridgehead atoms. The first-order valence-electron chi connectivity index (χ1n) is 8.12. The van der Waals surface area contributed by atoms with E-state index in [0.29, 0.717) is 30.4 Å². The van der Waals surface area contributed by atoms with E-state index >= 15 is 0 Å². The van der Waals surface area contributed by atoms with Gasteiger partial charge in [-0.25, -0.2) is 0 Å². The monoisotopic (exact) mass is 329 g/mol. The lowest BCUT2D eigenvalue weighted by atomic mass is 9.87. The van der Waals surface area contributed by atoms with Gasteiger partial charge in [0.15, 0.2) is 11.5 Å². The molecule has 0 unspecified atom stereocenters. The number of aromatic nitrogens is 2. The van der Waals surface area contributed by atoms with Crippen molar-refractivity contribution in [1.29, 1.82) is 0 Å². The molecule has 0 saturated heterocycles. The Morgan fingerprint density at radius 1 is 1.38 bits per heavy atom. The van der Waals surface area contributed by atoms with Gasteiger partial charge < -0.3 is 14.8 Å². The summed E-state index contributed by atoms with van der Waals surface area (Å²) in [4.78, 5) is 12.1. The Balaban J connectivity index is 1.97. The Kier molecular flexibility index (Phi) is 4.46. The summed E-state index contributed by atoms with van der Waals surface area (Å²) < 4.78 is 13.0. The zero-order valence-electron chi connectivity index (χ0n) is 14.5. The largest absolute Gasteiger partial charge is 0.493 e. The summed E-state index contributed by atoms with van der Waals surface area (Å²) in [7, 11) is 3.46. The molecular formula is C18H23N3O3. The van der Waals surface area contributed by atoms with Crippen molar-refractivity contribution in [2.75, 3.05) is 19.0 Å². The van der Waals surface area contributed by atoms with Crippen LogP contribution in [-0.4, -0.2) is 29.4 Å². The average Bonchev–Trinajstić information content (AvgIpc) is 2.93. The van der Waals surface area contributed by atoms with Crippen LogP contribution in [0.25, 0.3) is 0 Å². The molecule has 128 valence electrons. The summed E-state index contributed by atoms with van der Waals surface area (Å²) in [6.07, 6.45) is 2.22. The van der Waals surface area contributed by atoms with Crippen LogP contribution in [0.1, 0.15) is 37.3 Å². The maximum absolute atomic E-state index is 12.1. The minimum absolute atomic E-state index is 0.00318. The number of methoxy groups -OCH3 is 1. The summed E-state index contributed by atoms with van der Waals surface area (Å²) in [6, 6.07) is 5.86. The van der Waals surface area contributed by atoms with Crippen LogP contribution in [-0.2, 0) is 11.8 Å². The molecule has 2 heterocycles. The van der Waals surface area contributed by atoms with E-state index in [0.717, 1.165) is 16.9 Å². The van der Waals surface area contributed by atoms with Crippen molar-refractivity contribution in [3.8, 4) is 11.5 Å². The molecule has 2 aromatic rings. The molecule has 1 N–H and O–H groups in total. The Labute approximate surface area is 141 Å². The van der Waals surface area contributed by atoms with Crippen LogP contribution in [0.4, 0.5) is 5.82 Å². The van der Waals surface area contributed by atoms with Gasteiger partial charge in [-0.1, -0.05) is 19.9 Å². The fraction of sp³-hybridized carbons (Fsp3) is 0.444. The normalized spacial score (nSPS) is 16.7. The van der Waals surface area contributed by atoms with Crippen LogP contribution in [0, 0.1) is 5.92 Å². The highest BCUT2D eigenvalue weighted by molar-refractivity contribution is 5.94. The third-order valence-electron chi connectivity index (χ3n) is 4.15. The number of hydrogen-bond acceptors (Lipinski definition) is 4. The number of anilines is 1. The first-order chi connectivity index (χ1) is 11.5. The summed E-state index contributed by atoms with van der Waals surface area (Å²) in [5, 5.41) is 7.16. The van der Waals surface area contributed by atoms with Crippen molar-refractivity contribution in [2.24, 2.45) is 13.0 Å². The van der Waals surface area contributed by atoms with Crippen molar-refractivity contribution < 1.29 is 14.3 Å². The number of nitrogens with zero attached hydrogens (tertiary/aromatic N) is 2. The number of nitrogens with one attached hydrogen (secondary N) is 1. The molecule has 3 rings (SSSR count). The number of fused-ring (bicyclic) bond motifs is 1. The number of benzene rings is 1. The number of rotatable bonds is 5. The minimum atomic E-state index is -0.0326. The van der Waals surface area contributed by atoms with Gasteiger partial charge in [0.1, 0.15) is 5.82 Å². The highest BCUT2D eigenvalue weighted by atomic mass is 16.5. The number of amides is 1. The van der Waals surface area contributed by atoms with E-state index in [-0.39, 0.29) is 11.8 Å². The van der Waals surface area contributed by atoms with E-state index < -0.39 is 0 Å². The van der Waals surface area contributed by atoms with E-state index in [1.54, 1.807) is 11.8 Å². The van der Waals surface area contributed by atoms with Gasteiger partial charge in [-0.15, -0.1) is 0 Å². The topological polar surface area (TPSA) is 65.4 Å². The molecule has 6 heteroatoms. The number of ether oxygens (including phenoxy) is 2. The molecule has 1 amide bonds. The molecule has 0 radical (unpaired) electrons. The minimum Gasteiger partial charge on any atom is -0.493 e. The summed E-state index contributed by atoms with van der Waals surface area (Å²) in [5.74, 6) is 2.55. The van der Waals surface area contributed by atoms with Gasteiger partial charge in [-0.3, -0.25) is 9.48 Å². The standard InChI is InChI=1S/C18H23N3O3/c1-11(2)10-24-16-7-12(5-6-15(16)23-4)13-8-17(22)20-18-14(13)9-19-21(18)3/h5-7,9,11,13H,8,10H2,1-4H3,(H,20,22)/t13-/m0/s1. The maximum atomic E-state index is 12.1. The van der Waals surface area contributed by atoms with Crippen LogP contribution >= 0.6 is 0 Å². The molecule has 1 aliphatic heterocycles. The van der Waals surface area contributed by atoms with E-state index in [1.165, 1.54) is 0 Å². The SMILES string of the molecule is COc1ccc([C@@H]2CC(=O)Nc3c2cnn3C)cc1OCC(C)C. The molecule has 6 nitrogen and oxygen atoms in total. The molecule has 0 fully saturated rings. The number of carbonyl (C=O) groups excluding carboxylic acids is 1. The van der Waals surface area contributed by atoms with Gasteiger partial charge in [0.25, 0.3) is 0 Å². The lowest BCUT2D eigenvalue weighted by Crippen LogP contribution is -2.24. The van der Waals surface area contributed by atoms with Crippen LogP contribution in [0.15, 0.2) is 24.4 Å². The molecule has 1 atom stereocenters. The predicted molar refractivity (Wildman–Crippen MR) is 91.6 cm³/mol. The van der Waals surface area contributed by atoms with E-state index in [4.69, 9.17) is 9.47 Å². The molecule has 0 aliphatic carbocycles. The zero-order valence-corrected chi connectivity index (χ0v) is 14.5. The molecular weight excluding hydrogens is 306 g/mol. The number of aryl methyl sites for hydroxylation is 1. The Morgan fingerprint density at radius 3 is 2.88 bits per heavy atom. The van der Waals surface area contributed by atoms with E-state index in [9.17, 15) is 4.79 Å². The molecule has 0 saturated carbocycles. The van der Waals surface area contributed by atoms with Crippen molar-refractivity contribution >= 4 is 11.7 Å². The Morgan fingerprint density at radius 2 is 2.17 bits per heavy atom. The first kappa shape index (κ1) is 16.4. The maximum Gasteiger partial charge on any atom is 0.226 e. The van der Waals surface area contributed by atoms with Crippen molar-refractivity contribution in [2.45, 2.75) is 26.2 Å². The highest BCUT2D eigenvalue weighted by Gasteiger charge is 2.29. The van der Waals surface area contributed by atoms with E-state index in [1.807, 2.05) is 31.4 Å². The quantitative estimate of drug-likeness (QED) is 0.916. The fourth-order valence-electron chi connectivity index (χ4n) is 2.92. The Hall–Kier alpha value is -2.50. The fourth-order valence-corrected chi connectivity index (χ4v) is 2.92. The van der Waals surface area contributed by atoms with Gasteiger partial charge in [0, 0.05) is 24.9 Å². The second-order valence-corrected chi connectivity index (χ2v) is 6.49. The van der Waals surface area contributed by atoms with Gasteiger partial charge >= 0.3 is 0 Å². The smallest absolute Gasteiger partial charge is 0.226 e. The van der Waals surface area contributed by atoms with Crippen molar-refractivity contribution in [3.05, 3.63) is 35.5 Å². The van der Waals surface area contributed by atoms with Gasteiger partial charge in [0.05, 0.1) is 19.9 Å². The highest BCUT2D eigenvalue weighted by Crippen LogP contribution is 2.39. The van der Waals surface area contributed by atoms with Crippen molar-refractivity contribution in [1.82, 2.24) is 9.78 Å². The summed E-state index contributed by atoms with van der Waals surface area (Å²) in [6.45, 7) is 4.82. The lowest BCUT2D eigenvalue weighted by molar-refractivity contribution is -0.116. The van der Waals surface area contributed by atoms with Gasteiger partial charge in [0.2, 0.25) is 5.91 Å². The van der Waals surface area contributed by atoms with E-state index in [2.05, 4.69) is 24.3 Å². The third-order valence-corrected chi connectivity index (χ3v) is 4.15. The van der Waals surface area contributed by atoms with Crippen LogP contribution in [0.5, 0.6) is 11.5 Å². The predicted octanol–water partition coefficient (Wildman–Crippen LogP) is 2.94. The van der Waals surface area contributed by atoms with Crippen LogP contribution in [0.2, 0.25) is 0 Å². The number of carbonyl (C=O) groups is 1. The summed E-state index contributed by atoms with van der Waals surface area (Å²) >= 11 is 0. The van der Waals surface area contributed by atoms with Gasteiger partial charge in [-0.05, 0) is 23.6 Å².